The van der Waals surface area contributed by atoms with E-state index in [1.807, 2.05) is 30.1 Å². The van der Waals surface area contributed by atoms with Gasteiger partial charge in [0.1, 0.15) is 0 Å². The van der Waals surface area contributed by atoms with Crippen LogP contribution in [0.1, 0.15) is 5.56 Å². The molecular formula is C9H10ClNOS. The highest BCUT2D eigenvalue weighted by Crippen LogP contribution is 2.31. The minimum absolute atomic E-state index is 0.480. The molecule has 13 heavy (non-hydrogen) atoms. The second-order valence-corrected chi connectivity index (χ2v) is 4.76. The van der Waals surface area contributed by atoms with Crippen molar-refractivity contribution in [1.29, 1.82) is 0 Å². The van der Waals surface area contributed by atoms with E-state index in [-0.39, 0.29) is 0 Å². The Hall–Kier alpha value is -0.540. The van der Waals surface area contributed by atoms with Crippen LogP contribution in [0.4, 0.5) is 5.69 Å². The van der Waals surface area contributed by atoms with E-state index in [1.165, 1.54) is 0 Å². The first-order valence-electron chi connectivity index (χ1n) is 4.01. The van der Waals surface area contributed by atoms with Crippen molar-refractivity contribution in [2.75, 3.05) is 17.8 Å². The Balaban J connectivity index is 2.52. The number of anilines is 1. The monoisotopic (exact) mass is 215 g/mol. The summed E-state index contributed by atoms with van der Waals surface area (Å²) in [4.78, 5) is 2.92. The molecule has 2 rings (SSSR count). The van der Waals surface area contributed by atoms with Gasteiger partial charge in [-0.15, -0.1) is 11.6 Å². The predicted molar refractivity (Wildman–Crippen MR) is 55.7 cm³/mol. The van der Waals surface area contributed by atoms with Crippen molar-refractivity contribution in [1.82, 2.24) is 0 Å². The number of rotatable bonds is 1. The van der Waals surface area contributed by atoms with E-state index in [0.717, 1.165) is 16.1 Å². The van der Waals surface area contributed by atoms with Crippen LogP contribution in [-0.4, -0.2) is 17.1 Å². The van der Waals surface area contributed by atoms with Crippen molar-refractivity contribution in [2.24, 2.45) is 0 Å². The van der Waals surface area contributed by atoms with Crippen molar-refractivity contribution in [2.45, 2.75) is 10.8 Å². The fraction of sp³-hybridized carbons (Fsp3) is 0.333. The number of hydrogen-bond acceptors (Lipinski definition) is 2. The molecule has 0 saturated heterocycles. The maximum Gasteiger partial charge on any atom is 0.0982 e. The first-order chi connectivity index (χ1) is 6.22. The summed E-state index contributed by atoms with van der Waals surface area (Å²) in [7, 11) is 1.08. The molecule has 1 unspecified atom stereocenters. The van der Waals surface area contributed by atoms with E-state index >= 15 is 0 Å². The summed E-state index contributed by atoms with van der Waals surface area (Å²) in [5.41, 5.74) is 2.09. The molecule has 1 heterocycles. The lowest BCUT2D eigenvalue weighted by molar-refractivity contribution is 0.685. The van der Waals surface area contributed by atoms with Crippen LogP contribution in [0, 0.1) is 0 Å². The van der Waals surface area contributed by atoms with E-state index in [0.29, 0.717) is 11.8 Å². The smallest absolute Gasteiger partial charge is 0.0982 e. The predicted octanol–water partition coefficient (Wildman–Crippen LogP) is 1.94. The molecule has 0 aromatic heterocycles. The lowest BCUT2D eigenvalue weighted by atomic mass is 10.2. The third-order valence-electron chi connectivity index (χ3n) is 2.15. The van der Waals surface area contributed by atoms with Crippen LogP contribution < -0.4 is 4.90 Å². The van der Waals surface area contributed by atoms with E-state index in [2.05, 4.69) is 0 Å². The highest BCUT2D eigenvalue weighted by molar-refractivity contribution is 7.85. The van der Waals surface area contributed by atoms with Gasteiger partial charge in [-0.05, 0) is 17.7 Å². The third-order valence-corrected chi connectivity index (χ3v) is 3.89. The number of halogens is 1. The Bertz CT molecular complexity index is 367. The molecule has 1 aliphatic rings. The van der Waals surface area contributed by atoms with Gasteiger partial charge in [-0.2, -0.15) is 0 Å². The molecule has 0 bridgehead atoms. The zero-order chi connectivity index (χ0) is 9.42. The summed E-state index contributed by atoms with van der Waals surface area (Å²) in [5.74, 6) is 1.08. The van der Waals surface area contributed by atoms with Crippen molar-refractivity contribution in [3.05, 3.63) is 23.8 Å². The van der Waals surface area contributed by atoms with Gasteiger partial charge in [0, 0.05) is 12.9 Å². The average Bonchev–Trinajstić information content (AvgIpc) is 2.42. The van der Waals surface area contributed by atoms with Crippen LogP contribution in [0.3, 0.4) is 0 Å². The van der Waals surface area contributed by atoms with Crippen LogP contribution in [0.25, 0.3) is 0 Å². The van der Waals surface area contributed by atoms with Crippen LogP contribution in [-0.2, 0) is 16.7 Å². The lowest BCUT2D eigenvalue weighted by Crippen LogP contribution is -2.13. The van der Waals surface area contributed by atoms with E-state index < -0.39 is 10.8 Å². The molecule has 70 valence electrons. The van der Waals surface area contributed by atoms with Crippen molar-refractivity contribution in [3.63, 3.8) is 0 Å². The summed E-state index contributed by atoms with van der Waals surface area (Å²) in [6.07, 6.45) is 0. The highest BCUT2D eigenvalue weighted by Gasteiger charge is 2.22. The Morgan fingerprint density at radius 2 is 2.38 bits per heavy atom. The molecule has 0 amide bonds. The topological polar surface area (TPSA) is 20.3 Å². The number of fused-ring (bicyclic) bond motifs is 1. The van der Waals surface area contributed by atoms with Gasteiger partial charge < -0.3 is 4.90 Å². The fourth-order valence-electron chi connectivity index (χ4n) is 1.45. The van der Waals surface area contributed by atoms with Gasteiger partial charge in [-0.1, -0.05) is 6.07 Å². The standard InChI is InChI=1S/C9H10ClNOS/c1-11-6-13(12)9-4-7(5-10)2-3-8(9)11/h2-4H,5-6H2,1H3. The zero-order valence-corrected chi connectivity index (χ0v) is 8.86. The zero-order valence-electron chi connectivity index (χ0n) is 7.29. The molecule has 1 aromatic rings. The van der Waals surface area contributed by atoms with Crippen LogP contribution >= 0.6 is 11.6 Å². The Morgan fingerprint density at radius 1 is 1.62 bits per heavy atom. The Labute approximate surface area is 85.0 Å². The van der Waals surface area contributed by atoms with Gasteiger partial charge in [0.25, 0.3) is 0 Å². The molecule has 0 aliphatic carbocycles. The van der Waals surface area contributed by atoms with E-state index in [4.69, 9.17) is 11.6 Å². The Morgan fingerprint density at radius 3 is 3.08 bits per heavy atom. The molecule has 1 atom stereocenters. The summed E-state index contributed by atoms with van der Waals surface area (Å²) in [5, 5.41) is 0. The van der Waals surface area contributed by atoms with Crippen LogP contribution in [0.15, 0.2) is 23.1 Å². The summed E-state index contributed by atoms with van der Waals surface area (Å²) >= 11 is 5.70. The third kappa shape index (κ3) is 1.46. The quantitative estimate of drug-likeness (QED) is 0.668. The highest BCUT2D eigenvalue weighted by atomic mass is 35.5. The molecule has 1 aromatic carbocycles. The molecule has 0 spiro atoms. The van der Waals surface area contributed by atoms with E-state index in [9.17, 15) is 4.21 Å². The maximum absolute atomic E-state index is 11.6. The molecule has 0 saturated carbocycles. The van der Waals surface area contributed by atoms with Gasteiger partial charge >= 0.3 is 0 Å². The number of nitrogens with zero attached hydrogens (tertiary/aromatic N) is 1. The fourth-order valence-corrected chi connectivity index (χ4v) is 2.99. The molecule has 0 radical (unpaired) electrons. The van der Waals surface area contributed by atoms with Gasteiger partial charge in [-0.3, -0.25) is 4.21 Å². The summed E-state index contributed by atoms with van der Waals surface area (Å²) in [6.45, 7) is 0. The second-order valence-electron chi connectivity index (χ2n) is 3.11. The minimum atomic E-state index is -0.872. The molecule has 0 fully saturated rings. The van der Waals surface area contributed by atoms with Crippen molar-refractivity contribution in [3.8, 4) is 0 Å². The first kappa shape index (κ1) is 9.03. The van der Waals surface area contributed by atoms with Gasteiger partial charge in [0.2, 0.25) is 0 Å². The van der Waals surface area contributed by atoms with Crippen molar-refractivity contribution < 1.29 is 4.21 Å². The molecule has 1 aliphatic heterocycles. The van der Waals surface area contributed by atoms with Crippen LogP contribution in [0.2, 0.25) is 0 Å². The maximum atomic E-state index is 11.6. The Kier molecular flexibility index (Phi) is 2.30. The largest absolute Gasteiger partial charge is 0.361 e. The van der Waals surface area contributed by atoms with Crippen LogP contribution in [0.5, 0.6) is 0 Å². The number of alkyl halides is 1. The summed E-state index contributed by atoms with van der Waals surface area (Å²) < 4.78 is 11.6. The normalized spacial score (nSPS) is 20.5. The minimum Gasteiger partial charge on any atom is -0.361 e. The second kappa shape index (κ2) is 3.31. The van der Waals surface area contributed by atoms with Gasteiger partial charge in [0.05, 0.1) is 27.3 Å². The lowest BCUT2D eigenvalue weighted by Gasteiger charge is -2.09. The average molecular weight is 216 g/mol. The number of benzene rings is 1. The van der Waals surface area contributed by atoms with Gasteiger partial charge in [0.15, 0.2) is 0 Å². The molecule has 4 heteroatoms. The van der Waals surface area contributed by atoms with Gasteiger partial charge in [-0.25, -0.2) is 0 Å². The molecular weight excluding hydrogens is 206 g/mol. The van der Waals surface area contributed by atoms with E-state index in [1.54, 1.807) is 0 Å². The number of hydrogen-bond donors (Lipinski definition) is 0. The van der Waals surface area contributed by atoms with Crippen molar-refractivity contribution >= 4 is 28.1 Å². The molecule has 0 N–H and O–H groups in total. The first-order valence-corrected chi connectivity index (χ1v) is 5.86. The SMILES string of the molecule is CN1CS(=O)c2cc(CCl)ccc21. The molecule has 2 nitrogen and oxygen atoms in total. The summed E-state index contributed by atoms with van der Waals surface area (Å²) in [6, 6.07) is 5.89.